The molecule has 1 rings (SSSR count). The SMILES string of the molecule is COc1ccc(CNC(=O)CCC#N)cc1C(C)C. The molecule has 0 unspecified atom stereocenters. The molecular formula is C15H20N2O2. The molecule has 1 N–H and O–H groups in total. The molecule has 0 atom stereocenters. The van der Waals surface area contributed by atoms with E-state index >= 15 is 0 Å². The Bertz CT molecular complexity index is 476. The average molecular weight is 260 g/mol. The lowest BCUT2D eigenvalue weighted by Gasteiger charge is -2.14. The summed E-state index contributed by atoms with van der Waals surface area (Å²) < 4.78 is 5.32. The van der Waals surface area contributed by atoms with Gasteiger partial charge in [-0.2, -0.15) is 5.26 Å². The number of carbonyl (C=O) groups is 1. The van der Waals surface area contributed by atoms with Crippen LogP contribution in [0.2, 0.25) is 0 Å². The van der Waals surface area contributed by atoms with E-state index in [1.807, 2.05) is 24.3 Å². The highest BCUT2D eigenvalue weighted by Crippen LogP contribution is 2.27. The van der Waals surface area contributed by atoms with Gasteiger partial charge in [-0.1, -0.05) is 26.0 Å². The number of amides is 1. The zero-order valence-electron chi connectivity index (χ0n) is 11.7. The van der Waals surface area contributed by atoms with Crippen molar-refractivity contribution >= 4 is 5.91 Å². The van der Waals surface area contributed by atoms with Crippen LogP contribution in [0.25, 0.3) is 0 Å². The van der Waals surface area contributed by atoms with E-state index in [1.165, 1.54) is 0 Å². The van der Waals surface area contributed by atoms with Crippen molar-refractivity contribution in [2.45, 2.75) is 39.2 Å². The van der Waals surface area contributed by atoms with Gasteiger partial charge in [0.1, 0.15) is 5.75 Å². The number of nitriles is 1. The molecule has 102 valence electrons. The first-order valence-electron chi connectivity index (χ1n) is 6.39. The molecule has 0 heterocycles. The van der Waals surface area contributed by atoms with Crippen molar-refractivity contribution in [1.29, 1.82) is 5.26 Å². The van der Waals surface area contributed by atoms with Crippen LogP contribution in [0.1, 0.15) is 43.7 Å². The van der Waals surface area contributed by atoms with Crippen LogP contribution in [0.5, 0.6) is 5.75 Å². The highest BCUT2D eigenvalue weighted by Gasteiger charge is 2.09. The second-order valence-corrected chi connectivity index (χ2v) is 4.67. The van der Waals surface area contributed by atoms with Crippen molar-refractivity contribution in [2.75, 3.05) is 7.11 Å². The number of methoxy groups -OCH3 is 1. The topological polar surface area (TPSA) is 62.1 Å². The maximum Gasteiger partial charge on any atom is 0.221 e. The molecule has 0 saturated heterocycles. The molecule has 4 nitrogen and oxygen atoms in total. The van der Waals surface area contributed by atoms with Crippen LogP contribution in [-0.4, -0.2) is 13.0 Å². The molecule has 19 heavy (non-hydrogen) atoms. The molecule has 0 fully saturated rings. The zero-order valence-corrected chi connectivity index (χ0v) is 11.7. The fourth-order valence-corrected chi connectivity index (χ4v) is 1.80. The van der Waals surface area contributed by atoms with Crippen LogP contribution in [0.15, 0.2) is 18.2 Å². The summed E-state index contributed by atoms with van der Waals surface area (Å²) in [4.78, 5) is 11.4. The number of nitrogens with one attached hydrogen (secondary N) is 1. The van der Waals surface area contributed by atoms with Crippen LogP contribution in [0.4, 0.5) is 0 Å². The maximum absolute atomic E-state index is 11.4. The third-order valence-corrected chi connectivity index (χ3v) is 2.87. The summed E-state index contributed by atoms with van der Waals surface area (Å²) in [5.74, 6) is 1.14. The van der Waals surface area contributed by atoms with Crippen molar-refractivity contribution in [2.24, 2.45) is 0 Å². The minimum atomic E-state index is -0.0940. The Balaban J connectivity index is 2.67. The number of benzene rings is 1. The van der Waals surface area contributed by atoms with Gasteiger partial charge in [0.25, 0.3) is 0 Å². The third-order valence-electron chi connectivity index (χ3n) is 2.87. The zero-order chi connectivity index (χ0) is 14.3. The van der Waals surface area contributed by atoms with Gasteiger partial charge in [-0.05, 0) is 23.1 Å². The van der Waals surface area contributed by atoms with Crippen LogP contribution < -0.4 is 10.1 Å². The predicted octanol–water partition coefficient (Wildman–Crippen LogP) is 2.74. The number of hydrogen-bond donors (Lipinski definition) is 1. The lowest BCUT2D eigenvalue weighted by molar-refractivity contribution is -0.121. The first-order chi connectivity index (χ1) is 9.08. The van der Waals surface area contributed by atoms with E-state index in [0.717, 1.165) is 16.9 Å². The molecule has 0 radical (unpaired) electrons. The van der Waals surface area contributed by atoms with Crippen molar-refractivity contribution in [3.8, 4) is 11.8 Å². The van der Waals surface area contributed by atoms with Gasteiger partial charge in [0.15, 0.2) is 0 Å². The van der Waals surface area contributed by atoms with Crippen molar-refractivity contribution < 1.29 is 9.53 Å². The first kappa shape index (κ1) is 15.0. The predicted molar refractivity (Wildman–Crippen MR) is 73.8 cm³/mol. The first-order valence-corrected chi connectivity index (χ1v) is 6.39. The summed E-state index contributed by atoms with van der Waals surface area (Å²) in [7, 11) is 1.66. The number of ether oxygens (including phenoxy) is 1. The van der Waals surface area contributed by atoms with Gasteiger partial charge in [0.05, 0.1) is 13.2 Å². The van der Waals surface area contributed by atoms with E-state index in [0.29, 0.717) is 12.5 Å². The summed E-state index contributed by atoms with van der Waals surface area (Å²) >= 11 is 0. The highest BCUT2D eigenvalue weighted by atomic mass is 16.5. The molecule has 1 amide bonds. The Labute approximate surface area is 114 Å². The van der Waals surface area contributed by atoms with E-state index in [9.17, 15) is 4.79 Å². The Morgan fingerprint density at radius 2 is 2.21 bits per heavy atom. The maximum atomic E-state index is 11.4. The second-order valence-electron chi connectivity index (χ2n) is 4.67. The summed E-state index contributed by atoms with van der Waals surface area (Å²) in [6.07, 6.45) is 0.509. The third kappa shape index (κ3) is 4.63. The quantitative estimate of drug-likeness (QED) is 0.855. The number of nitrogens with zero attached hydrogens (tertiary/aromatic N) is 1. The van der Waals surface area contributed by atoms with Gasteiger partial charge >= 0.3 is 0 Å². The van der Waals surface area contributed by atoms with E-state index in [1.54, 1.807) is 7.11 Å². The molecule has 0 saturated carbocycles. The summed E-state index contributed by atoms with van der Waals surface area (Å²) in [5.41, 5.74) is 2.17. The number of rotatable bonds is 6. The smallest absolute Gasteiger partial charge is 0.221 e. The van der Waals surface area contributed by atoms with Gasteiger partial charge in [-0.25, -0.2) is 0 Å². The molecule has 0 aliphatic rings. The Hall–Kier alpha value is -2.02. The summed E-state index contributed by atoms with van der Waals surface area (Å²) in [5, 5.41) is 11.2. The van der Waals surface area contributed by atoms with E-state index in [-0.39, 0.29) is 18.7 Å². The monoisotopic (exact) mass is 260 g/mol. The van der Waals surface area contributed by atoms with Crippen LogP contribution in [0.3, 0.4) is 0 Å². The average Bonchev–Trinajstić information content (AvgIpc) is 2.42. The fraction of sp³-hybridized carbons (Fsp3) is 0.467. The molecule has 1 aromatic carbocycles. The Morgan fingerprint density at radius 1 is 1.47 bits per heavy atom. The van der Waals surface area contributed by atoms with Gasteiger partial charge < -0.3 is 10.1 Å². The van der Waals surface area contributed by atoms with Crippen molar-refractivity contribution in [3.05, 3.63) is 29.3 Å². The van der Waals surface area contributed by atoms with Crippen LogP contribution in [-0.2, 0) is 11.3 Å². The minimum Gasteiger partial charge on any atom is -0.496 e. The van der Waals surface area contributed by atoms with Crippen molar-refractivity contribution in [3.63, 3.8) is 0 Å². The number of hydrogen-bond acceptors (Lipinski definition) is 3. The molecule has 0 spiro atoms. The van der Waals surface area contributed by atoms with Gasteiger partial charge in [-0.3, -0.25) is 4.79 Å². The molecule has 4 heteroatoms. The second kappa shape index (κ2) is 7.42. The molecule has 0 aliphatic carbocycles. The lowest BCUT2D eigenvalue weighted by atomic mass is 9.99. The molecule has 0 aliphatic heterocycles. The van der Waals surface area contributed by atoms with Crippen LogP contribution in [0, 0.1) is 11.3 Å². The van der Waals surface area contributed by atoms with Gasteiger partial charge in [0, 0.05) is 19.4 Å². The van der Waals surface area contributed by atoms with Crippen LogP contribution >= 0.6 is 0 Å². The lowest BCUT2D eigenvalue weighted by Crippen LogP contribution is -2.22. The van der Waals surface area contributed by atoms with Crippen molar-refractivity contribution in [1.82, 2.24) is 5.32 Å². The molecular weight excluding hydrogens is 240 g/mol. The Kier molecular flexibility index (Phi) is 5.87. The molecule has 0 aromatic heterocycles. The highest BCUT2D eigenvalue weighted by molar-refractivity contribution is 5.76. The Morgan fingerprint density at radius 3 is 2.79 bits per heavy atom. The van der Waals surface area contributed by atoms with Gasteiger partial charge in [-0.15, -0.1) is 0 Å². The number of carbonyl (C=O) groups excluding carboxylic acids is 1. The summed E-state index contributed by atoms with van der Waals surface area (Å²) in [6, 6.07) is 7.87. The normalized spacial score (nSPS) is 10.1. The minimum absolute atomic E-state index is 0.0940. The largest absolute Gasteiger partial charge is 0.496 e. The molecule has 0 bridgehead atoms. The summed E-state index contributed by atoms with van der Waals surface area (Å²) in [6.45, 7) is 4.69. The van der Waals surface area contributed by atoms with Gasteiger partial charge in [0.2, 0.25) is 5.91 Å². The molecule has 1 aromatic rings. The van der Waals surface area contributed by atoms with E-state index in [2.05, 4.69) is 19.2 Å². The van der Waals surface area contributed by atoms with E-state index < -0.39 is 0 Å². The fourth-order valence-electron chi connectivity index (χ4n) is 1.80. The standard InChI is InChI=1S/C15H20N2O2/c1-11(2)13-9-12(6-7-14(13)19-3)10-17-15(18)5-4-8-16/h6-7,9,11H,4-5,10H2,1-3H3,(H,17,18). The van der Waals surface area contributed by atoms with E-state index in [4.69, 9.17) is 10.00 Å².